The van der Waals surface area contributed by atoms with Gasteiger partial charge >= 0.3 is 0 Å². The molecule has 0 amide bonds. The van der Waals surface area contributed by atoms with E-state index in [9.17, 15) is 8.42 Å². The average Bonchev–Trinajstić information content (AvgIpc) is 3.05. The number of benzene rings is 6. The molecule has 5 heteroatoms. The van der Waals surface area contributed by atoms with Gasteiger partial charge in [-0.05, 0) is 70.8 Å². The van der Waals surface area contributed by atoms with Crippen molar-refractivity contribution < 1.29 is 8.42 Å². The molecule has 0 saturated carbocycles. The van der Waals surface area contributed by atoms with Crippen molar-refractivity contribution in [3.05, 3.63) is 174 Å². The fourth-order valence-electron chi connectivity index (χ4n) is 6.68. The number of anilines is 3. The Hall–Kier alpha value is -4.58. The van der Waals surface area contributed by atoms with Crippen molar-refractivity contribution in [2.24, 2.45) is 0 Å². The van der Waals surface area contributed by atoms with Gasteiger partial charge in [-0.1, -0.05) is 115 Å². The minimum atomic E-state index is -3.80. The lowest BCUT2D eigenvalue weighted by atomic mass is 9.62. The highest BCUT2D eigenvalue weighted by Crippen LogP contribution is 2.62. The van der Waals surface area contributed by atoms with Gasteiger partial charge in [0.05, 0.1) is 32.3 Å². The molecule has 2 aliphatic rings. The molecule has 2 heterocycles. The van der Waals surface area contributed by atoms with Crippen LogP contribution >= 0.6 is 11.8 Å². The van der Waals surface area contributed by atoms with E-state index < -0.39 is 15.3 Å². The molecule has 0 unspecified atom stereocenters. The Morgan fingerprint density at radius 1 is 0.452 bits per heavy atom. The Morgan fingerprint density at radius 3 is 1.45 bits per heavy atom. The highest BCUT2D eigenvalue weighted by atomic mass is 32.2. The van der Waals surface area contributed by atoms with E-state index in [-0.39, 0.29) is 9.79 Å². The van der Waals surface area contributed by atoms with E-state index in [1.807, 2.05) is 42.1 Å². The minimum Gasteiger partial charge on any atom is -0.308 e. The van der Waals surface area contributed by atoms with Gasteiger partial charge in [-0.3, -0.25) is 0 Å². The third-order valence-corrected chi connectivity index (χ3v) is 11.3. The van der Waals surface area contributed by atoms with Crippen molar-refractivity contribution >= 4 is 38.7 Å². The lowest BCUT2D eigenvalue weighted by molar-refractivity contribution is 0.596. The topological polar surface area (TPSA) is 37.4 Å². The zero-order valence-corrected chi connectivity index (χ0v) is 24.1. The first-order chi connectivity index (χ1) is 20.6. The summed E-state index contributed by atoms with van der Waals surface area (Å²) in [5.74, 6) is 0. The fourth-order valence-corrected chi connectivity index (χ4v) is 9.33. The maximum absolute atomic E-state index is 14.1. The van der Waals surface area contributed by atoms with Crippen LogP contribution in [0.3, 0.4) is 0 Å². The quantitative estimate of drug-likeness (QED) is 0.209. The molecular formula is C37H25NO2S2. The van der Waals surface area contributed by atoms with E-state index in [1.54, 1.807) is 36.4 Å². The summed E-state index contributed by atoms with van der Waals surface area (Å²) in [6, 6.07) is 50.3. The van der Waals surface area contributed by atoms with E-state index in [0.29, 0.717) is 5.69 Å². The third kappa shape index (κ3) is 3.44. The van der Waals surface area contributed by atoms with E-state index in [1.165, 1.54) is 20.9 Å². The summed E-state index contributed by atoms with van der Waals surface area (Å²) >= 11 is 1.81. The Morgan fingerprint density at radius 2 is 0.881 bits per heavy atom. The average molecular weight is 580 g/mol. The zero-order chi connectivity index (χ0) is 28.3. The molecule has 0 aromatic heterocycles. The first-order valence-corrected chi connectivity index (χ1v) is 16.2. The molecule has 0 radical (unpaired) electrons. The SMILES string of the molecule is O=S(=O)(c1ccccc1)c1ccccc1N1c2ccccc2C2(c3ccccc3Sc3ccccc32)c2ccccc21. The van der Waals surface area contributed by atoms with Crippen molar-refractivity contribution in [1.29, 1.82) is 0 Å². The molecule has 6 aromatic carbocycles. The fraction of sp³-hybridized carbons (Fsp3) is 0.0270. The lowest BCUT2D eigenvalue weighted by Crippen LogP contribution is -2.39. The van der Waals surface area contributed by atoms with Crippen molar-refractivity contribution in [3.63, 3.8) is 0 Å². The third-order valence-electron chi connectivity index (χ3n) is 8.35. The molecule has 2 aliphatic heterocycles. The predicted molar refractivity (Wildman–Crippen MR) is 169 cm³/mol. The Bertz CT molecular complexity index is 2010. The maximum Gasteiger partial charge on any atom is 0.208 e. The molecule has 202 valence electrons. The van der Waals surface area contributed by atoms with Crippen molar-refractivity contribution in [3.8, 4) is 0 Å². The van der Waals surface area contributed by atoms with E-state index in [2.05, 4.69) is 89.8 Å². The first kappa shape index (κ1) is 25.2. The maximum atomic E-state index is 14.1. The van der Waals surface area contributed by atoms with Gasteiger partial charge in [0.2, 0.25) is 9.84 Å². The van der Waals surface area contributed by atoms with Crippen molar-refractivity contribution in [2.45, 2.75) is 25.0 Å². The second-order valence-electron chi connectivity index (χ2n) is 10.5. The van der Waals surface area contributed by atoms with Crippen LogP contribution in [-0.4, -0.2) is 8.42 Å². The molecule has 0 N–H and O–H groups in total. The van der Waals surface area contributed by atoms with Gasteiger partial charge < -0.3 is 4.90 Å². The number of para-hydroxylation sites is 3. The molecule has 0 fully saturated rings. The van der Waals surface area contributed by atoms with Crippen LogP contribution in [0, 0.1) is 0 Å². The van der Waals surface area contributed by atoms with Crippen LogP contribution in [-0.2, 0) is 15.3 Å². The summed E-state index contributed by atoms with van der Waals surface area (Å²) in [6.45, 7) is 0. The van der Waals surface area contributed by atoms with Crippen LogP contribution in [0.5, 0.6) is 0 Å². The Balaban J connectivity index is 1.48. The Kier molecular flexibility index (Phi) is 5.68. The van der Waals surface area contributed by atoms with Gasteiger partial charge in [-0.25, -0.2) is 8.42 Å². The van der Waals surface area contributed by atoms with Gasteiger partial charge in [-0.2, -0.15) is 0 Å². The van der Waals surface area contributed by atoms with E-state index in [0.717, 1.165) is 22.5 Å². The number of rotatable bonds is 3. The summed E-state index contributed by atoms with van der Waals surface area (Å²) in [4.78, 5) is 5.14. The van der Waals surface area contributed by atoms with Crippen molar-refractivity contribution in [2.75, 3.05) is 4.90 Å². The molecule has 3 nitrogen and oxygen atoms in total. The molecule has 0 aliphatic carbocycles. The summed E-state index contributed by atoms with van der Waals surface area (Å²) in [6.07, 6.45) is 0. The largest absolute Gasteiger partial charge is 0.308 e. The molecule has 8 rings (SSSR count). The second-order valence-corrected chi connectivity index (χ2v) is 13.5. The van der Waals surface area contributed by atoms with Crippen molar-refractivity contribution in [1.82, 2.24) is 0 Å². The molecule has 6 aromatic rings. The van der Waals surface area contributed by atoms with Gasteiger partial charge in [-0.15, -0.1) is 0 Å². The van der Waals surface area contributed by atoms with Crippen LogP contribution in [0.25, 0.3) is 0 Å². The van der Waals surface area contributed by atoms with Crippen LogP contribution < -0.4 is 4.90 Å². The molecule has 0 atom stereocenters. The smallest absolute Gasteiger partial charge is 0.208 e. The van der Waals surface area contributed by atoms with Gasteiger partial charge in [0.25, 0.3) is 0 Å². The predicted octanol–water partition coefficient (Wildman–Crippen LogP) is 9.15. The number of hydrogen-bond acceptors (Lipinski definition) is 4. The normalized spacial score (nSPS) is 14.4. The molecule has 0 bridgehead atoms. The monoisotopic (exact) mass is 579 g/mol. The van der Waals surface area contributed by atoms with Crippen LogP contribution in [0.4, 0.5) is 17.1 Å². The van der Waals surface area contributed by atoms with Crippen LogP contribution in [0.2, 0.25) is 0 Å². The van der Waals surface area contributed by atoms with Gasteiger partial charge in [0, 0.05) is 9.79 Å². The molecule has 0 saturated heterocycles. The first-order valence-electron chi connectivity index (χ1n) is 13.9. The molecule has 1 spiro atoms. The van der Waals surface area contributed by atoms with E-state index in [4.69, 9.17) is 0 Å². The van der Waals surface area contributed by atoms with E-state index >= 15 is 0 Å². The standard InChI is InChI=1S/C37H25NO2S2/c39-42(40,26-14-2-1-3-15-26)36-25-13-10-22-33(36)38-31-20-8-4-16-27(31)37(28-17-5-9-21-32(28)38)29-18-6-11-23-34(29)41-35-24-12-7-19-30(35)37/h1-25H. The zero-order valence-electron chi connectivity index (χ0n) is 22.5. The van der Waals surface area contributed by atoms with Gasteiger partial charge in [0.1, 0.15) is 0 Å². The summed E-state index contributed by atoms with van der Waals surface area (Å²) in [7, 11) is -3.80. The Labute approximate surface area is 250 Å². The number of hydrogen-bond donors (Lipinski definition) is 0. The highest BCUT2D eigenvalue weighted by Gasteiger charge is 2.50. The highest BCUT2D eigenvalue weighted by molar-refractivity contribution is 7.99. The summed E-state index contributed by atoms with van der Waals surface area (Å²) in [5, 5.41) is 0. The molecule has 42 heavy (non-hydrogen) atoms. The number of fused-ring (bicyclic) bond motifs is 8. The van der Waals surface area contributed by atoms with Crippen LogP contribution in [0.1, 0.15) is 22.3 Å². The second kappa shape index (κ2) is 9.48. The number of nitrogens with zero attached hydrogens (tertiary/aromatic N) is 1. The van der Waals surface area contributed by atoms with Crippen LogP contribution in [0.15, 0.2) is 171 Å². The number of sulfone groups is 1. The minimum absolute atomic E-state index is 0.275. The lowest BCUT2D eigenvalue weighted by Gasteiger charge is -2.49. The summed E-state index contributed by atoms with van der Waals surface area (Å²) < 4.78 is 28.2. The van der Waals surface area contributed by atoms with Gasteiger partial charge in [0.15, 0.2) is 0 Å². The molecular weight excluding hydrogens is 555 g/mol. The summed E-state index contributed by atoms with van der Waals surface area (Å²) in [5.41, 5.74) is 6.69.